The van der Waals surface area contributed by atoms with Crippen molar-refractivity contribution >= 4 is 5.97 Å². The average molecular weight is 148 g/mol. The number of aliphatic carboxylic acids is 1. The van der Waals surface area contributed by atoms with E-state index in [0.29, 0.717) is 0 Å². The Morgan fingerprint density at radius 2 is 2.10 bits per heavy atom. The first-order valence-electron chi connectivity index (χ1n) is 2.94. The van der Waals surface area contributed by atoms with Gasteiger partial charge in [0.1, 0.15) is 6.04 Å². The van der Waals surface area contributed by atoms with Crippen LogP contribution in [-0.2, 0) is 4.79 Å². The minimum atomic E-state index is -1.12. The zero-order valence-electron chi connectivity index (χ0n) is 5.53. The molecule has 0 saturated heterocycles. The number of carbonyl (C=O) groups is 1. The van der Waals surface area contributed by atoms with Crippen molar-refractivity contribution in [3.8, 4) is 0 Å². The number of aliphatic hydroxyl groups is 1. The third-order valence-corrected chi connectivity index (χ3v) is 1.12. The molecule has 0 heterocycles. The Balaban J connectivity index is 3.56. The van der Waals surface area contributed by atoms with Crippen LogP contribution in [0.2, 0.25) is 0 Å². The van der Waals surface area contributed by atoms with Crippen molar-refractivity contribution < 1.29 is 15.0 Å². The maximum atomic E-state index is 10.1. The van der Waals surface area contributed by atoms with Crippen LogP contribution in [0.5, 0.6) is 0 Å². The molecule has 0 saturated carbocycles. The third kappa shape index (κ3) is 3.39. The quantitative estimate of drug-likeness (QED) is 0.372. The summed E-state index contributed by atoms with van der Waals surface area (Å²) in [5, 5.41) is 17.1. The van der Waals surface area contributed by atoms with Crippen molar-refractivity contribution in [3.63, 3.8) is 0 Å². The molecule has 0 aliphatic carbocycles. The van der Waals surface area contributed by atoms with E-state index in [-0.39, 0.29) is 13.0 Å². The number of nitrogens with two attached hydrogens (primary N) is 2. The van der Waals surface area contributed by atoms with E-state index in [0.717, 1.165) is 0 Å². The Hall–Kier alpha value is -0.650. The second kappa shape index (κ2) is 4.21. The standard InChI is InChI=1S/C5H12N2O3/c6-2-3(8)1-4(7)5(9)10/h3-4,8H,1-2,6-7H2,(H,9,10)/t3?,4-/m0/s1. The molecule has 0 aliphatic heterocycles. The van der Waals surface area contributed by atoms with Crippen molar-refractivity contribution in [2.75, 3.05) is 6.54 Å². The number of carboxylic acids is 1. The predicted molar refractivity (Wildman–Crippen MR) is 35.3 cm³/mol. The largest absolute Gasteiger partial charge is 0.480 e. The van der Waals surface area contributed by atoms with E-state index in [4.69, 9.17) is 21.7 Å². The molecule has 0 aromatic rings. The first kappa shape index (κ1) is 9.35. The van der Waals surface area contributed by atoms with Gasteiger partial charge in [-0.15, -0.1) is 0 Å². The lowest BCUT2D eigenvalue weighted by Gasteiger charge is -2.09. The van der Waals surface area contributed by atoms with E-state index in [2.05, 4.69) is 0 Å². The van der Waals surface area contributed by atoms with Gasteiger partial charge in [-0.05, 0) is 0 Å². The zero-order valence-corrected chi connectivity index (χ0v) is 5.53. The second-order valence-corrected chi connectivity index (χ2v) is 2.07. The van der Waals surface area contributed by atoms with Gasteiger partial charge in [0.05, 0.1) is 6.10 Å². The normalized spacial score (nSPS) is 16.3. The lowest BCUT2D eigenvalue weighted by atomic mass is 10.1. The summed E-state index contributed by atoms with van der Waals surface area (Å²) in [6.07, 6.45) is -0.808. The molecule has 0 radical (unpaired) electrons. The summed E-state index contributed by atoms with van der Waals surface area (Å²) in [4.78, 5) is 10.1. The van der Waals surface area contributed by atoms with E-state index in [1.54, 1.807) is 0 Å². The van der Waals surface area contributed by atoms with Crippen LogP contribution in [-0.4, -0.2) is 34.9 Å². The summed E-state index contributed by atoms with van der Waals surface area (Å²) < 4.78 is 0. The molecule has 5 heteroatoms. The van der Waals surface area contributed by atoms with Crippen molar-refractivity contribution in [1.29, 1.82) is 0 Å². The Morgan fingerprint density at radius 3 is 2.40 bits per heavy atom. The molecule has 0 amide bonds. The van der Waals surface area contributed by atoms with Crippen LogP contribution in [0.25, 0.3) is 0 Å². The van der Waals surface area contributed by atoms with Gasteiger partial charge in [-0.3, -0.25) is 4.79 Å². The van der Waals surface area contributed by atoms with E-state index in [9.17, 15) is 4.79 Å². The lowest BCUT2D eigenvalue weighted by Crippen LogP contribution is -2.36. The van der Waals surface area contributed by atoms with Crippen molar-refractivity contribution in [3.05, 3.63) is 0 Å². The van der Waals surface area contributed by atoms with E-state index in [1.807, 2.05) is 0 Å². The highest BCUT2D eigenvalue weighted by atomic mass is 16.4. The van der Waals surface area contributed by atoms with Gasteiger partial charge < -0.3 is 21.7 Å². The Bertz CT molecular complexity index is 117. The molecule has 10 heavy (non-hydrogen) atoms. The molecule has 2 atom stereocenters. The first-order chi connectivity index (χ1) is 4.57. The van der Waals surface area contributed by atoms with Crippen molar-refractivity contribution in [2.24, 2.45) is 11.5 Å². The number of rotatable bonds is 4. The summed E-state index contributed by atoms with van der Waals surface area (Å²) in [5.41, 5.74) is 10.1. The number of carboxylic acid groups (broad SMARTS) is 1. The van der Waals surface area contributed by atoms with Gasteiger partial charge >= 0.3 is 5.97 Å². The third-order valence-electron chi connectivity index (χ3n) is 1.12. The summed E-state index contributed by atoms with van der Waals surface area (Å²) >= 11 is 0. The summed E-state index contributed by atoms with van der Waals surface area (Å²) in [5.74, 6) is -1.12. The smallest absolute Gasteiger partial charge is 0.320 e. The summed E-state index contributed by atoms with van der Waals surface area (Å²) in [6, 6.07) is -1.02. The summed E-state index contributed by atoms with van der Waals surface area (Å²) in [6.45, 7) is 0.0426. The number of aliphatic hydroxyl groups excluding tert-OH is 1. The van der Waals surface area contributed by atoms with Gasteiger partial charge in [-0.2, -0.15) is 0 Å². The molecular formula is C5H12N2O3. The van der Waals surface area contributed by atoms with Crippen LogP contribution in [0.3, 0.4) is 0 Å². The second-order valence-electron chi connectivity index (χ2n) is 2.07. The van der Waals surface area contributed by atoms with Gasteiger partial charge in [0, 0.05) is 13.0 Å². The van der Waals surface area contributed by atoms with Gasteiger partial charge in [0.2, 0.25) is 0 Å². The highest BCUT2D eigenvalue weighted by molar-refractivity contribution is 5.73. The van der Waals surface area contributed by atoms with Crippen LogP contribution in [0.1, 0.15) is 6.42 Å². The molecule has 0 bridgehead atoms. The maximum absolute atomic E-state index is 10.1. The van der Waals surface area contributed by atoms with Gasteiger partial charge in [-0.1, -0.05) is 0 Å². The van der Waals surface area contributed by atoms with Crippen LogP contribution in [0, 0.1) is 0 Å². The molecule has 60 valence electrons. The minimum absolute atomic E-state index is 0.00579. The molecule has 0 aromatic heterocycles. The fourth-order valence-corrected chi connectivity index (χ4v) is 0.490. The van der Waals surface area contributed by atoms with Crippen LogP contribution < -0.4 is 11.5 Å². The number of hydrogen-bond acceptors (Lipinski definition) is 4. The SMILES string of the molecule is NCC(O)C[C@H](N)C(=O)O. The molecule has 5 nitrogen and oxygen atoms in total. The van der Waals surface area contributed by atoms with Crippen molar-refractivity contribution in [1.82, 2.24) is 0 Å². The highest BCUT2D eigenvalue weighted by Gasteiger charge is 2.15. The maximum Gasteiger partial charge on any atom is 0.320 e. The first-order valence-corrected chi connectivity index (χ1v) is 2.94. The summed E-state index contributed by atoms with van der Waals surface area (Å²) in [7, 11) is 0. The van der Waals surface area contributed by atoms with Crippen molar-refractivity contribution in [2.45, 2.75) is 18.6 Å². The Kier molecular flexibility index (Phi) is 3.94. The molecule has 0 rings (SSSR count). The topological polar surface area (TPSA) is 110 Å². The molecule has 0 spiro atoms. The highest BCUT2D eigenvalue weighted by Crippen LogP contribution is 1.93. The number of hydrogen-bond donors (Lipinski definition) is 4. The molecular weight excluding hydrogens is 136 g/mol. The lowest BCUT2D eigenvalue weighted by molar-refractivity contribution is -0.139. The van der Waals surface area contributed by atoms with Crippen LogP contribution in [0.4, 0.5) is 0 Å². The van der Waals surface area contributed by atoms with Gasteiger partial charge in [0.25, 0.3) is 0 Å². The minimum Gasteiger partial charge on any atom is -0.480 e. The molecule has 6 N–H and O–H groups in total. The average Bonchev–Trinajstić information content (AvgIpc) is 1.87. The monoisotopic (exact) mass is 148 g/mol. The van der Waals surface area contributed by atoms with E-state index in [1.165, 1.54) is 0 Å². The molecule has 0 aromatic carbocycles. The fraction of sp³-hybridized carbons (Fsp3) is 0.800. The van der Waals surface area contributed by atoms with Crippen LogP contribution in [0.15, 0.2) is 0 Å². The Labute approximate surface area is 58.6 Å². The molecule has 1 unspecified atom stereocenters. The van der Waals surface area contributed by atoms with E-state index < -0.39 is 18.1 Å². The molecule has 0 fully saturated rings. The fourth-order valence-electron chi connectivity index (χ4n) is 0.490. The Morgan fingerprint density at radius 1 is 1.60 bits per heavy atom. The van der Waals surface area contributed by atoms with Crippen LogP contribution >= 0.6 is 0 Å². The molecule has 0 aliphatic rings. The van der Waals surface area contributed by atoms with Gasteiger partial charge in [-0.25, -0.2) is 0 Å². The van der Waals surface area contributed by atoms with E-state index >= 15 is 0 Å². The van der Waals surface area contributed by atoms with Gasteiger partial charge in [0.15, 0.2) is 0 Å². The predicted octanol–water partition coefficient (Wildman–Crippen LogP) is -1.89. The zero-order chi connectivity index (χ0) is 8.15.